The molecule has 7 nitrogen and oxygen atoms in total. The highest BCUT2D eigenvalue weighted by molar-refractivity contribution is 7.90. The smallest absolute Gasteiger partial charge is 0.258 e. The van der Waals surface area contributed by atoms with E-state index in [9.17, 15) is 13.2 Å². The van der Waals surface area contributed by atoms with E-state index in [0.717, 1.165) is 6.26 Å². The molecule has 1 heterocycles. The van der Waals surface area contributed by atoms with Gasteiger partial charge in [-0.1, -0.05) is 0 Å². The second kappa shape index (κ2) is 4.57. The number of H-pyrrole nitrogens is 1. The molecule has 0 aliphatic carbocycles. The first-order valence-corrected chi connectivity index (χ1v) is 6.83. The average molecular weight is 266 g/mol. The Morgan fingerprint density at radius 2 is 1.94 bits per heavy atom. The van der Waals surface area contributed by atoms with Crippen LogP contribution in [0.5, 0.6) is 0 Å². The molecule has 2 N–H and O–H groups in total. The third-order valence-electron chi connectivity index (χ3n) is 2.19. The molecule has 18 heavy (non-hydrogen) atoms. The highest BCUT2D eigenvalue weighted by atomic mass is 32.2. The van der Waals surface area contributed by atoms with Gasteiger partial charge >= 0.3 is 0 Å². The lowest BCUT2D eigenvalue weighted by Crippen LogP contribution is -2.13. The summed E-state index contributed by atoms with van der Waals surface area (Å²) in [6, 6.07) is 5.62. The SMILES string of the molecule is CS(=O)(=O)c1ccc(C(=O)Nc2ncn[nH]2)cc1. The van der Waals surface area contributed by atoms with E-state index < -0.39 is 15.7 Å². The number of sulfone groups is 1. The zero-order valence-electron chi connectivity index (χ0n) is 9.41. The molecule has 0 bridgehead atoms. The van der Waals surface area contributed by atoms with Crippen LogP contribution in [-0.4, -0.2) is 35.8 Å². The monoisotopic (exact) mass is 266 g/mol. The fourth-order valence-electron chi connectivity index (χ4n) is 1.30. The summed E-state index contributed by atoms with van der Waals surface area (Å²) >= 11 is 0. The normalized spacial score (nSPS) is 11.2. The summed E-state index contributed by atoms with van der Waals surface area (Å²) < 4.78 is 22.5. The molecule has 1 aromatic carbocycles. The van der Waals surface area contributed by atoms with Crippen LogP contribution in [0.2, 0.25) is 0 Å². The Hall–Kier alpha value is -2.22. The molecule has 2 rings (SSSR count). The molecule has 0 aliphatic rings. The minimum absolute atomic E-state index is 0.165. The van der Waals surface area contributed by atoms with Crippen LogP contribution in [0.1, 0.15) is 10.4 Å². The van der Waals surface area contributed by atoms with Gasteiger partial charge in [0.1, 0.15) is 6.33 Å². The molecule has 0 unspecified atom stereocenters. The van der Waals surface area contributed by atoms with E-state index in [1.54, 1.807) is 0 Å². The predicted octanol–water partition coefficient (Wildman–Crippen LogP) is 0.460. The third kappa shape index (κ3) is 2.72. The fourth-order valence-corrected chi connectivity index (χ4v) is 1.93. The van der Waals surface area contributed by atoms with Gasteiger partial charge in [0.05, 0.1) is 4.90 Å². The Bertz CT molecular complexity index is 647. The summed E-state index contributed by atoms with van der Waals surface area (Å²) in [5, 5.41) is 8.55. The minimum Gasteiger partial charge on any atom is -0.291 e. The second-order valence-electron chi connectivity index (χ2n) is 3.58. The summed E-state index contributed by atoms with van der Waals surface area (Å²) in [7, 11) is -3.26. The Balaban J connectivity index is 2.17. The van der Waals surface area contributed by atoms with Crippen LogP contribution >= 0.6 is 0 Å². The first-order valence-electron chi connectivity index (χ1n) is 4.93. The van der Waals surface area contributed by atoms with Crippen LogP contribution in [0.3, 0.4) is 0 Å². The van der Waals surface area contributed by atoms with E-state index in [4.69, 9.17) is 0 Å². The quantitative estimate of drug-likeness (QED) is 0.839. The summed E-state index contributed by atoms with van der Waals surface area (Å²) in [4.78, 5) is 15.6. The minimum atomic E-state index is -3.26. The van der Waals surface area contributed by atoms with Crippen LogP contribution in [-0.2, 0) is 9.84 Å². The molecule has 0 atom stereocenters. The van der Waals surface area contributed by atoms with Crippen LogP contribution in [0.15, 0.2) is 35.5 Å². The molecule has 0 fully saturated rings. The standard InChI is InChI=1S/C10H10N4O3S/c1-18(16,17)8-4-2-7(3-5-8)9(15)13-10-11-6-12-14-10/h2-6H,1H3,(H2,11,12,13,14,15). The zero-order valence-corrected chi connectivity index (χ0v) is 10.2. The van der Waals surface area contributed by atoms with Crippen molar-refractivity contribution in [1.82, 2.24) is 15.2 Å². The van der Waals surface area contributed by atoms with Crippen molar-refractivity contribution in [3.63, 3.8) is 0 Å². The summed E-state index contributed by atoms with van der Waals surface area (Å²) in [6.45, 7) is 0. The number of amides is 1. The second-order valence-corrected chi connectivity index (χ2v) is 5.60. The van der Waals surface area contributed by atoms with Crippen LogP contribution in [0.25, 0.3) is 0 Å². The van der Waals surface area contributed by atoms with Crippen molar-refractivity contribution in [2.45, 2.75) is 4.90 Å². The molecule has 0 saturated heterocycles. The average Bonchev–Trinajstić information content (AvgIpc) is 2.81. The summed E-state index contributed by atoms with van der Waals surface area (Å²) in [5.41, 5.74) is 0.332. The summed E-state index contributed by atoms with van der Waals surface area (Å²) in [5.74, 6) is -0.168. The van der Waals surface area contributed by atoms with Crippen molar-refractivity contribution in [2.75, 3.05) is 11.6 Å². The lowest BCUT2D eigenvalue weighted by molar-refractivity contribution is 0.102. The molecular formula is C10H10N4O3S. The van der Waals surface area contributed by atoms with E-state index in [2.05, 4.69) is 20.5 Å². The number of aromatic nitrogens is 3. The van der Waals surface area contributed by atoms with Gasteiger partial charge < -0.3 is 0 Å². The Kier molecular flexibility index (Phi) is 3.11. The molecule has 1 aromatic heterocycles. The molecule has 0 aliphatic heterocycles. The van der Waals surface area contributed by atoms with Crippen molar-refractivity contribution in [1.29, 1.82) is 0 Å². The van der Waals surface area contributed by atoms with Gasteiger partial charge in [0.25, 0.3) is 5.91 Å². The highest BCUT2D eigenvalue weighted by Crippen LogP contribution is 2.11. The van der Waals surface area contributed by atoms with E-state index in [1.165, 1.54) is 30.6 Å². The van der Waals surface area contributed by atoms with Gasteiger partial charge in [-0.2, -0.15) is 10.1 Å². The summed E-state index contributed by atoms with van der Waals surface area (Å²) in [6.07, 6.45) is 2.37. The number of carbonyl (C=O) groups is 1. The zero-order chi connectivity index (χ0) is 13.2. The maximum atomic E-state index is 11.7. The van der Waals surface area contributed by atoms with Crippen molar-refractivity contribution in [3.8, 4) is 0 Å². The van der Waals surface area contributed by atoms with Crippen molar-refractivity contribution >= 4 is 21.7 Å². The first-order chi connectivity index (χ1) is 8.47. The molecular weight excluding hydrogens is 256 g/mol. The number of anilines is 1. The molecule has 8 heteroatoms. The number of nitrogens with zero attached hydrogens (tertiary/aromatic N) is 2. The molecule has 2 aromatic rings. The molecule has 94 valence electrons. The maximum absolute atomic E-state index is 11.7. The van der Waals surface area contributed by atoms with Gasteiger partial charge in [0, 0.05) is 11.8 Å². The predicted molar refractivity (Wildman–Crippen MR) is 63.9 cm³/mol. The highest BCUT2D eigenvalue weighted by Gasteiger charge is 2.10. The van der Waals surface area contributed by atoms with Gasteiger partial charge in [-0.15, -0.1) is 0 Å². The van der Waals surface area contributed by atoms with Crippen molar-refractivity contribution in [3.05, 3.63) is 36.2 Å². The number of carbonyl (C=O) groups excluding carboxylic acids is 1. The van der Waals surface area contributed by atoms with Crippen LogP contribution in [0, 0.1) is 0 Å². The van der Waals surface area contributed by atoms with Gasteiger partial charge in [0.15, 0.2) is 9.84 Å². The third-order valence-corrected chi connectivity index (χ3v) is 3.32. The Labute approximate surface area is 103 Å². The number of hydrogen-bond donors (Lipinski definition) is 2. The lowest BCUT2D eigenvalue weighted by Gasteiger charge is -2.02. The Morgan fingerprint density at radius 3 is 2.44 bits per heavy atom. The molecule has 0 saturated carbocycles. The molecule has 0 spiro atoms. The number of nitrogens with one attached hydrogen (secondary N) is 2. The van der Waals surface area contributed by atoms with Crippen molar-refractivity contribution in [2.24, 2.45) is 0 Å². The molecule has 1 amide bonds. The van der Waals surface area contributed by atoms with Crippen LogP contribution < -0.4 is 5.32 Å². The molecule has 0 radical (unpaired) electrons. The number of aromatic amines is 1. The van der Waals surface area contributed by atoms with Gasteiger partial charge in [0.2, 0.25) is 5.95 Å². The largest absolute Gasteiger partial charge is 0.291 e. The number of hydrogen-bond acceptors (Lipinski definition) is 5. The van der Waals surface area contributed by atoms with Crippen molar-refractivity contribution < 1.29 is 13.2 Å². The van der Waals surface area contributed by atoms with E-state index in [-0.39, 0.29) is 10.8 Å². The van der Waals surface area contributed by atoms with Gasteiger partial charge in [-0.05, 0) is 24.3 Å². The van der Waals surface area contributed by atoms with Crippen LogP contribution in [0.4, 0.5) is 5.95 Å². The maximum Gasteiger partial charge on any atom is 0.258 e. The Morgan fingerprint density at radius 1 is 1.28 bits per heavy atom. The number of rotatable bonds is 3. The fraction of sp³-hybridized carbons (Fsp3) is 0.100. The van der Waals surface area contributed by atoms with E-state index >= 15 is 0 Å². The van der Waals surface area contributed by atoms with Gasteiger partial charge in [-0.25, -0.2) is 13.5 Å². The lowest BCUT2D eigenvalue weighted by atomic mass is 10.2. The number of benzene rings is 1. The van der Waals surface area contributed by atoms with E-state index in [0.29, 0.717) is 5.56 Å². The first kappa shape index (κ1) is 12.2. The van der Waals surface area contributed by atoms with Gasteiger partial charge in [-0.3, -0.25) is 10.1 Å². The topological polar surface area (TPSA) is 105 Å². The van der Waals surface area contributed by atoms with E-state index in [1.807, 2.05) is 0 Å².